The molecular weight excluding hydrogens is 368 g/mol. The van der Waals surface area contributed by atoms with Crippen LogP contribution in [-0.4, -0.2) is 36.5 Å². The van der Waals surface area contributed by atoms with Crippen molar-refractivity contribution in [3.63, 3.8) is 0 Å². The molecular formula is C19H20N2O5S. The van der Waals surface area contributed by atoms with E-state index in [-0.39, 0.29) is 5.69 Å². The highest BCUT2D eigenvalue weighted by Crippen LogP contribution is 2.37. The van der Waals surface area contributed by atoms with Gasteiger partial charge in [-0.2, -0.15) is 0 Å². The number of esters is 2. The topological polar surface area (TPSA) is 94.6 Å². The molecule has 0 bridgehead atoms. The van der Waals surface area contributed by atoms with Crippen molar-refractivity contribution in [2.24, 2.45) is 0 Å². The molecule has 0 saturated heterocycles. The van der Waals surface area contributed by atoms with Gasteiger partial charge < -0.3 is 14.8 Å². The molecule has 1 amide bonds. The zero-order chi connectivity index (χ0) is 19.2. The molecule has 3 rings (SSSR count). The fourth-order valence-electron chi connectivity index (χ4n) is 3.00. The Labute approximate surface area is 160 Å². The number of pyridine rings is 1. The van der Waals surface area contributed by atoms with Gasteiger partial charge in [-0.05, 0) is 43.4 Å². The summed E-state index contributed by atoms with van der Waals surface area (Å²) in [5, 5.41) is 3.14. The fraction of sp³-hybridized carbons (Fsp3) is 0.368. The summed E-state index contributed by atoms with van der Waals surface area (Å²) in [7, 11) is 1.32. The Bertz CT molecular complexity index is 847. The van der Waals surface area contributed by atoms with Crippen LogP contribution in [-0.2, 0) is 27.1 Å². The van der Waals surface area contributed by atoms with Crippen molar-refractivity contribution >= 4 is 34.2 Å². The number of ether oxygens (including phenoxy) is 2. The number of hydrogen-bond acceptors (Lipinski definition) is 7. The lowest BCUT2D eigenvalue weighted by molar-refractivity contribution is -0.119. The first-order chi connectivity index (χ1) is 13.1. The smallest absolute Gasteiger partial charge is 0.357 e. The minimum absolute atomic E-state index is 0.128. The summed E-state index contributed by atoms with van der Waals surface area (Å²) in [4.78, 5) is 41.4. The molecule has 142 valence electrons. The molecule has 2 aromatic rings. The number of carbonyl (C=O) groups is 3. The average Bonchev–Trinajstić information content (AvgIpc) is 2.86. The van der Waals surface area contributed by atoms with E-state index in [1.165, 1.54) is 30.7 Å². The van der Waals surface area contributed by atoms with Gasteiger partial charge >= 0.3 is 11.9 Å². The minimum atomic E-state index is -0.680. The van der Waals surface area contributed by atoms with E-state index in [2.05, 4.69) is 10.3 Å². The number of amides is 1. The van der Waals surface area contributed by atoms with Crippen molar-refractivity contribution < 1.29 is 23.9 Å². The number of hydrogen-bond donors (Lipinski definition) is 1. The van der Waals surface area contributed by atoms with E-state index in [0.717, 1.165) is 42.5 Å². The molecule has 0 fully saturated rings. The van der Waals surface area contributed by atoms with Gasteiger partial charge in [-0.25, -0.2) is 14.6 Å². The number of methoxy groups -OCH3 is 1. The number of fused-ring (bicyclic) bond motifs is 1. The second-order valence-electron chi connectivity index (χ2n) is 6.10. The standard InChI is InChI=1S/C19H20N2O5S/c1-25-19(24)16-12-7-3-2-4-9-14(12)27-17(16)21-15(22)11-26-18(23)13-8-5-6-10-20-13/h5-6,8,10H,2-4,7,9,11H2,1H3,(H,21,22). The van der Waals surface area contributed by atoms with Crippen molar-refractivity contribution in [1.82, 2.24) is 4.98 Å². The van der Waals surface area contributed by atoms with Crippen molar-refractivity contribution in [1.29, 1.82) is 0 Å². The summed E-state index contributed by atoms with van der Waals surface area (Å²) < 4.78 is 9.89. The Morgan fingerprint density at radius 3 is 2.70 bits per heavy atom. The highest BCUT2D eigenvalue weighted by molar-refractivity contribution is 7.17. The molecule has 1 aliphatic rings. The highest BCUT2D eigenvalue weighted by atomic mass is 32.1. The molecule has 8 heteroatoms. The minimum Gasteiger partial charge on any atom is -0.465 e. The molecule has 27 heavy (non-hydrogen) atoms. The van der Waals surface area contributed by atoms with E-state index < -0.39 is 24.5 Å². The van der Waals surface area contributed by atoms with Gasteiger partial charge in [0.25, 0.3) is 5.91 Å². The van der Waals surface area contributed by atoms with Crippen LogP contribution < -0.4 is 5.32 Å². The first-order valence-electron chi connectivity index (χ1n) is 8.71. The zero-order valence-corrected chi connectivity index (χ0v) is 15.8. The summed E-state index contributed by atoms with van der Waals surface area (Å²) in [6.45, 7) is -0.460. The number of carbonyl (C=O) groups excluding carboxylic acids is 3. The second-order valence-corrected chi connectivity index (χ2v) is 7.20. The quantitative estimate of drug-likeness (QED) is 0.625. The summed E-state index contributed by atoms with van der Waals surface area (Å²) >= 11 is 1.39. The first-order valence-corrected chi connectivity index (χ1v) is 9.52. The van der Waals surface area contributed by atoms with Crippen LogP contribution in [0.15, 0.2) is 24.4 Å². The predicted molar refractivity (Wildman–Crippen MR) is 100 cm³/mol. The number of aryl methyl sites for hydroxylation is 1. The van der Waals surface area contributed by atoms with Gasteiger partial charge in [0, 0.05) is 11.1 Å². The summed E-state index contributed by atoms with van der Waals surface area (Å²) in [5.74, 6) is -1.66. The molecule has 0 aromatic carbocycles. The lowest BCUT2D eigenvalue weighted by atomic mass is 10.1. The van der Waals surface area contributed by atoms with Crippen LogP contribution in [0.4, 0.5) is 5.00 Å². The first kappa shape index (κ1) is 19.0. The van der Waals surface area contributed by atoms with Crippen molar-refractivity contribution in [2.45, 2.75) is 32.1 Å². The van der Waals surface area contributed by atoms with Gasteiger partial charge in [-0.1, -0.05) is 12.5 Å². The molecule has 2 aromatic heterocycles. The molecule has 2 heterocycles. The molecule has 7 nitrogen and oxygen atoms in total. The predicted octanol–water partition coefficient (Wildman–Crippen LogP) is 2.99. The third-order valence-corrected chi connectivity index (χ3v) is 5.48. The Morgan fingerprint density at radius 1 is 1.15 bits per heavy atom. The molecule has 0 saturated carbocycles. The molecule has 0 unspecified atom stereocenters. The van der Waals surface area contributed by atoms with Crippen LogP contribution in [0.2, 0.25) is 0 Å². The Kier molecular flexibility index (Phi) is 6.18. The molecule has 0 spiro atoms. The molecule has 0 atom stereocenters. The zero-order valence-electron chi connectivity index (χ0n) is 14.9. The maximum absolute atomic E-state index is 12.3. The van der Waals surface area contributed by atoms with Crippen molar-refractivity contribution in [3.05, 3.63) is 46.1 Å². The van der Waals surface area contributed by atoms with E-state index in [4.69, 9.17) is 9.47 Å². The van der Waals surface area contributed by atoms with Gasteiger partial charge in [0.2, 0.25) is 0 Å². The lowest BCUT2D eigenvalue weighted by Gasteiger charge is -2.08. The lowest BCUT2D eigenvalue weighted by Crippen LogP contribution is -2.22. The normalized spacial score (nSPS) is 13.2. The third kappa shape index (κ3) is 4.51. The second kappa shape index (κ2) is 8.77. The van der Waals surface area contributed by atoms with Crippen molar-refractivity contribution in [3.8, 4) is 0 Å². The van der Waals surface area contributed by atoms with Gasteiger partial charge in [0.1, 0.15) is 10.7 Å². The molecule has 1 aliphatic carbocycles. The average molecular weight is 388 g/mol. The van der Waals surface area contributed by atoms with Crippen LogP contribution in [0, 0.1) is 0 Å². The Hall–Kier alpha value is -2.74. The monoisotopic (exact) mass is 388 g/mol. The molecule has 1 N–H and O–H groups in total. The van der Waals surface area contributed by atoms with Gasteiger partial charge in [0.05, 0.1) is 12.7 Å². The van der Waals surface area contributed by atoms with E-state index in [1.54, 1.807) is 12.1 Å². The molecule has 0 radical (unpaired) electrons. The fourth-order valence-corrected chi connectivity index (χ4v) is 4.29. The van der Waals surface area contributed by atoms with Crippen LogP contribution in [0.3, 0.4) is 0 Å². The van der Waals surface area contributed by atoms with E-state index >= 15 is 0 Å². The van der Waals surface area contributed by atoms with Gasteiger partial charge in [0.15, 0.2) is 6.61 Å². The number of nitrogens with one attached hydrogen (secondary N) is 1. The maximum atomic E-state index is 12.3. The van der Waals surface area contributed by atoms with E-state index in [1.807, 2.05) is 0 Å². The largest absolute Gasteiger partial charge is 0.465 e. The summed E-state index contributed by atoms with van der Waals surface area (Å²) in [6, 6.07) is 4.84. The van der Waals surface area contributed by atoms with Gasteiger partial charge in [-0.15, -0.1) is 11.3 Å². The van der Waals surface area contributed by atoms with Crippen LogP contribution in [0.5, 0.6) is 0 Å². The van der Waals surface area contributed by atoms with Crippen molar-refractivity contribution in [2.75, 3.05) is 19.0 Å². The third-order valence-electron chi connectivity index (χ3n) is 4.27. The van der Waals surface area contributed by atoms with Crippen LogP contribution in [0.25, 0.3) is 0 Å². The van der Waals surface area contributed by atoms with E-state index in [0.29, 0.717) is 10.6 Å². The van der Waals surface area contributed by atoms with Gasteiger partial charge in [-0.3, -0.25) is 4.79 Å². The Morgan fingerprint density at radius 2 is 1.96 bits per heavy atom. The summed E-state index contributed by atoms with van der Waals surface area (Å²) in [6.07, 6.45) is 6.33. The van der Waals surface area contributed by atoms with Crippen LogP contribution in [0.1, 0.15) is 50.5 Å². The number of rotatable bonds is 5. The maximum Gasteiger partial charge on any atom is 0.357 e. The summed E-state index contributed by atoms with van der Waals surface area (Å²) in [5.41, 5.74) is 1.51. The SMILES string of the molecule is COC(=O)c1c(NC(=O)COC(=O)c2ccccn2)sc2c1CCCCC2. The number of thiophene rings is 1. The number of nitrogens with zero attached hydrogens (tertiary/aromatic N) is 1. The molecule has 0 aliphatic heterocycles. The number of anilines is 1. The van der Waals surface area contributed by atoms with E-state index in [9.17, 15) is 14.4 Å². The van der Waals surface area contributed by atoms with Crippen LogP contribution >= 0.6 is 11.3 Å². The highest BCUT2D eigenvalue weighted by Gasteiger charge is 2.26. The number of aromatic nitrogens is 1. The Balaban J connectivity index is 1.70.